The van der Waals surface area contributed by atoms with Crippen molar-refractivity contribution in [2.75, 3.05) is 5.32 Å². The molecular formula is C13H16FNO3. The van der Waals surface area contributed by atoms with Crippen molar-refractivity contribution >= 4 is 17.6 Å². The van der Waals surface area contributed by atoms with Crippen LogP contribution in [0.4, 0.5) is 10.1 Å². The van der Waals surface area contributed by atoms with Gasteiger partial charge in [-0.3, -0.25) is 9.59 Å². The quantitative estimate of drug-likeness (QED) is 0.818. The highest BCUT2D eigenvalue weighted by atomic mass is 19.1. The smallest absolute Gasteiger partial charge is 0.307 e. The average Bonchev–Trinajstić information content (AvgIpc) is 2.29. The van der Waals surface area contributed by atoms with Crippen molar-refractivity contribution in [2.45, 2.75) is 32.6 Å². The van der Waals surface area contributed by atoms with E-state index in [0.717, 1.165) is 18.9 Å². The second-order valence-corrected chi connectivity index (χ2v) is 4.03. The number of rotatable bonds is 6. The molecule has 0 saturated heterocycles. The molecule has 0 unspecified atom stereocenters. The molecule has 0 fully saturated rings. The number of carbonyl (C=O) groups excluding carboxylic acids is 1. The first-order valence-electron chi connectivity index (χ1n) is 5.83. The minimum atomic E-state index is -1.09. The Kier molecular flexibility index (Phi) is 5.30. The highest BCUT2D eigenvalue weighted by molar-refractivity contribution is 5.90. The number of unbranched alkanes of at least 4 members (excludes halogenated alkanes) is 1. The number of halogens is 1. The normalized spacial score (nSPS) is 10.1. The van der Waals surface area contributed by atoms with E-state index in [1.54, 1.807) is 0 Å². The highest BCUT2D eigenvalue weighted by Crippen LogP contribution is 2.15. The zero-order chi connectivity index (χ0) is 13.5. The van der Waals surface area contributed by atoms with Gasteiger partial charge in [0.05, 0.1) is 6.42 Å². The highest BCUT2D eigenvalue weighted by Gasteiger charge is 2.09. The minimum absolute atomic E-state index is 0.106. The number of anilines is 1. The Morgan fingerprint density at radius 1 is 1.39 bits per heavy atom. The van der Waals surface area contributed by atoms with Gasteiger partial charge < -0.3 is 10.4 Å². The molecule has 0 atom stereocenters. The number of carbonyl (C=O) groups is 2. The fraction of sp³-hybridized carbons (Fsp3) is 0.385. The van der Waals surface area contributed by atoms with Gasteiger partial charge in [0.1, 0.15) is 5.82 Å². The molecule has 0 aliphatic carbocycles. The number of amides is 1. The van der Waals surface area contributed by atoms with Gasteiger partial charge in [0.25, 0.3) is 0 Å². The Hall–Kier alpha value is -1.91. The molecule has 4 nitrogen and oxygen atoms in total. The maximum absolute atomic E-state index is 13.5. The number of hydrogen-bond donors (Lipinski definition) is 2. The summed E-state index contributed by atoms with van der Waals surface area (Å²) in [5, 5.41) is 11.1. The molecule has 2 N–H and O–H groups in total. The SMILES string of the molecule is CCCCC(=O)Nc1ccc(CC(=O)O)c(F)c1. The van der Waals surface area contributed by atoms with Gasteiger partial charge in [-0.05, 0) is 24.1 Å². The van der Waals surface area contributed by atoms with Crippen molar-refractivity contribution in [1.82, 2.24) is 0 Å². The standard InChI is InChI=1S/C13H16FNO3/c1-2-3-4-12(16)15-10-6-5-9(7-13(17)18)11(14)8-10/h5-6,8H,2-4,7H2,1H3,(H,15,16)(H,17,18). The number of carboxylic acid groups (broad SMARTS) is 1. The van der Waals surface area contributed by atoms with E-state index >= 15 is 0 Å². The lowest BCUT2D eigenvalue weighted by atomic mass is 10.1. The van der Waals surface area contributed by atoms with Crippen LogP contribution in [0.3, 0.4) is 0 Å². The summed E-state index contributed by atoms with van der Waals surface area (Å²) >= 11 is 0. The third-order valence-electron chi connectivity index (χ3n) is 2.44. The van der Waals surface area contributed by atoms with E-state index in [2.05, 4.69) is 5.32 Å². The molecule has 0 heterocycles. The summed E-state index contributed by atoms with van der Waals surface area (Å²) < 4.78 is 13.5. The summed E-state index contributed by atoms with van der Waals surface area (Å²) in [6, 6.07) is 4.02. The van der Waals surface area contributed by atoms with Crippen LogP contribution in [0.2, 0.25) is 0 Å². The largest absolute Gasteiger partial charge is 0.481 e. The van der Waals surface area contributed by atoms with Crippen molar-refractivity contribution in [1.29, 1.82) is 0 Å². The molecule has 1 aromatic carbocycles. The molecule has 1 rings (SSSR count). The predicted octanol–water partition coefficient (Wildman–Crippen LogP) is 2.58. The van der Waals surface area contributed by atoms with Crippen LogP contribution >= 0.6 is 0 Å². The Bertz CT molecular complexity index is 446. The molecule has 1 amide bonds. The second-order valence-electron chi connectivity index (χ2n) is 4.03. The Balaban J connectivity index is 2.66. The molecule has 0 aliphatic heterocycles. The summed E-state index contributed by atoms with van der Waals surface area (Å²) in [5.41, 5.74) is 0.455. The summed E-state index contributed by atoms with van der Waals surface area (Å²) in [6.07, 6.45) is 1.73. The van der Waals surface area contributed by atoms with E-state index in [0.29, 0.717) is 12.1 Å². The molecule has 0 spiro atoms. The van der Waals surface area contributed by atoms with Crippen molar-refractivity contribution in [3.63, 3.8) is 0 Å². The first-order valence-corrected chi connectivity index (χ1v) is 5.83. The summed E-state index contributed by atoms with van der Waals surface area (Å²) in [4.78, 5) is 21.9. The molecule has 18 heavy (non-hydrogen) atoms. The van der Waals surface area contributed by atoms with E-state index in [-0.39, 0.29) is 17.9 Å². The van der Waals surface area contributed by atoms with Crippen LogP contribution in [0.15, 0.2) is 18.2 Å². The first-order chi connectivity index (χ1) is 8.52. The summed E-state index contributed by atoms with van der Waals surface area (Å²) in [7, 11) is 0. The van der Waals surface area contributed by atoms with Crippen LogP contribution < -0.4 is 5.32 Å². The zero-order valence-electron chi connectivity index (χ0n) is 10.2. The molecular weight excluding hydrogens is 237 g/mol. The molecule has 0 bridgehead atoms. The van der Waals surface area contributed by atoms with Crippen LogP contribution in [-0.2, 0) is 16.0 Å². The molecule has 5 heteroatoms. The van der Waals surface area contributed by atoms with E-state index < -0.39 is 11.8 Å². The third kappa shape index (κ3) is 4.53. The van der Waals surface area contributed by atoms with Crippen molar-refractivity contribution in [2.24, 2.45) is 0 Å². The van der Waals surface area contributed by atoms with Gasteiger partial charge in [-0.25, -0.2) is 4.39 Å². The van der Waals surface area contributed by atoms with E-state index in [1.807, 2.05) is 6.92 Å². The van der Waals surface area contributed by atoms with Crippen LogP contribution in [0.5, 0.6) is 0 Å². The maximum atomic E-state index is 13.5. The lowest BCUT2D eigenvalue weighted by molar-refractivity contribution is -0.136. The van der Waals surface area contributed by atoms with Gasteiger partial charge in [0, 0.05) is 12.1 Å². The van der Waals surface area contributed by atoms with Gasteiger partial charge in [-0.2, -0.15) is 0 Å². The lowest BCUT2D eigenvalue weighted by Crippen LogP contribution is -2.11. The predicted molar refractivity (Wildman–Crippen MR) is 65.9 cm³/mol. The second kappa shape index (κ2) is 6.74. The Labute approximate surface area is 105 Å². The maximum Gasteiger partial charge on any atom is 0.307 e. The third-order valence-corrected chi connectivity index (χ3v) is 2.44. The fourth-order valence-corrected chi connectivity index (χ4v) is 1.49. The number of hydrogen-bond acceptors (Lipinski definition) is 2. The van der Waals surface area contributed by atoms with Crippen LogP contribution in [0.1, 0.15) is 31.7 Å². The van der Waals surface area contributed by atoms with Gasteiger partial charge in [-0.15, -0.1) is 0 Å². The van der Waals surface area contributed by atoms with Crippen LogP contribution in [-0.4, -0.2) is 17.0 Å². The fourth-order valence-electron chi connectivity index (χ4n) is 1.49. The molecule has 98 valence electrons. The number of benzene rings is 1. The zero-order valence-corrected chi connectivity index (χ0v) is 10.2. The van der Waals surface area contributed by atoms with Crippen molar-refractivity contribution in [3.05, 3.63) is 29.6 Å². The van der Waals surface area contributed by atoms with Gasteiger partial charge >= 0.3 is 5.97 Å². The van der Waals surface area contributed by atoms with Gasteiger partial charge in [-0.1, -0.05) is 19.4 Å². The van der Waals surface area contributed by atoms with E-state index in [4.69, 9.17) is 5.11 Å². The minimum Gasteiger partial charge on any atom is -0.481 e. The van der Waals surface area contributed by atoms with Gasteiger partial charge in [0.15, 0.2) is 0 Å². The van der Waals surface area contributed by atoms with E-state index in [1.165, 1.54) is 12.1 Å². The van der Waals surface area contributed by atoms with Crippen molar-refractivity contribution in [3.8, 4) is 0 Å². The number of carboxylic acids is 1. The first kappa shape index (κ1) is 14.2. The molecule has 0 saturated carbocycles. The lowest BCUT2D eigenvalue weighted by Gasteiger charge is -2.06. The molecule has 1 aromatic rings. The van der Waals surface area contributed by atoms with Gasteiger partial charge in [0.2, 0.25) is 5.91 Å². The summed E-state index contributed by atoms with van der Waals surface area (Å²) in [5.74, 6) is -1.87. The molecule has 0 aliphatic rings. The topological polar surface area (TPSA) is 66.4 Å². The monoisotopic (exact) mass is 253 g/mol. The average molecular weight is 253 g/mol. The van der Waals surface area contributed by atoms with Crippen molar-refractivity contribution < 1.29 is 19.1 Å². The summed E-state index contributed by atoms with van der Waals surface area (Å²) in [6.45, 7) is 1.98. The number of aliphatic carboxylic acids is 1. The molecule has 0 radical (unpaired) electrons. The molecule has 0 aromatic heterocycles. The van der Waals surface area contributed by atoms with Crippen LogP contribution in [0, 0.1) is 5.82 Å². The number of nitrogens with one attached hydrogen (secondary N) is 1. The Morgan fingerprint density at radius 3 is 2.67 bits per heavy atom. The van der Waals surface area contributed by atoms with E-state index in [9.17, 15) is 14.0 Å². The Morgan fingerprint density at radius 2 is 2.11 bits per heavy atom. The van der Waals surface area contributed by atoms with Crippen LogP contribution in [0.25, 0.3) is 0 Å².